The van der Waals surface area contributed by atoms with Crippen LogP contribution in [0.1, 0.15) is 17.5 Å². The van der Waals surface area contributed by atoms with Crippen molar-refractivity contribution < 1.29 is 27.5 Å². The maximum atomic E-state index is 12.4. The van der Waals surface area contributed by atoms with Gasteiger partial charge >= 0.3 is 6.18 Å². The van der Waals surface area contributed by atoms with Crippen LogP contribution in [-0.4, -0.2) is 43.1 Å². The molecule has 1 fully saturated rings. The lowest BCUT2D eigenvalue weighted by Gasteiger charge is -2.18. The zero-order valence-corrected chi connectivity index (χ0v) is 13.2. The average molecular weight is 344 g/mol. The van der Waals surface area contributed by atoms with E-state index in [2.05, 4.69) is 5.32 Å². The summed E-state index contributed by atoms with van der Waals surface area (Å²) in [6.07, 6.45) is -4.64. The lowest BCUT2D eigenvalue weighted by Crippen LogP contribution is -2.37. The number of amides is 2. The summed E-state index contributed by atoms with van der Waals surface area (Å²) < 4.78 is 42.2. The lowest BCUT2D eigenvalue weighted by atomic mass is 10.1. The number of halogens is 3. The van der Waals surface area contributed by atoms with E-state index >= 15 is 0 Å². The average Bonchev–Trinajstić information content (AvgIpc) is 2.85. The molecular formula is C16H19F3N2O3. The van der Waals surface area contributed by atoms with Gasteiger partial charge in [0.15, 0.2) is 0 Å². The third-order valence-electron chi connectivity index (χ3n) is 3.72. The molecule has 24 heavy (non-hydrogen) atoms. The van der Waals surface area contributed by atoms with Crippen molar-refractivity contribution in [1.82, 2.24) is 10.2 Å². The molecule has 1 atom stereocenters. The second kappa shape index (κ2) is 7.65. The molecule has 1 aliphatic rings. The molecule has 0 aliphatic carbocycles. The van der Waals surface area contributed by atoms with Crippen molar-refractivity contribution in [2.45, 2.75) is 25.7 Å². The summed E-state index contributed by atoms with van der Waals surface area (Å²) in [6, 6.07) is 7.42. The van der Waals surface area contributed by atoms with Crippen LogP contribution in [0, 0.1) is 5.92 Å². The first-order chi connectivity index (χ1) is 11.3. The first-order valence-electron chi connectivity index (χ1n) is 7.47. The molecule has 0 spiro atoms. The second-order valence-electron chi connectivity index (χ2n) is 5.76. The molecule has 1 saturated heterocycles. The van der Waals surface area contributed by atoms with Crippen molar-refractivity contribution in [2.24, 2.45) is 5.92 Å². The molecule has 0 radical (unpaired) electrons. The Bertz CT molecular complexity index is 604. The highest BCUT2D eigenvalue weighted by atomic mass is 19.4. The number of carbonyl (C=O) groups is 2. The minimum absolute atomic E-state index is 0.189. The molecule has 0 aromatic heterocycles. The number of hydrogen-bond donors (Lipinski definition) is 1. The van der Waals surface area contributed by atoms with Crippen molar-refractivity contribution in [3.8, 4) is 0 Å². The number of alkyl halides is 3. The van der Waals surface area contributed by atoms with E-state index in [0.717, 1.165) is 11.1 Å². The van der Waals surface area contributed by atoms with Crippen LogP contribution >= 0.6 is 0 Å². The van der Waals surface area contributed by atoms with Crippen molar-refractivity contribution in [1.29, 1.82) is 0 Å². The monoisotopic (exact) mass is 344 g/mol. The molecular weight excluding hydrogens is 325 g/mol. The van der Waals surface area contributed by atoms with Crippen LogP contribution < -0.4 is 5.32 Å². The number of likely N-dealkylation sites (tertiary alicyclic amines) is 1. The maximum absolute atomic E-state index is 12.4. The molecule has 1 heterocycles. The molecule has 1 aliphatic heterocycles. The van der Waals surface area contributed by atoms with Crippen LogP contribution in [0.3, 0.4) is 0 Å². The van der Waals surface area contributed by atoms with Crippen molar-refractivity contribution in [3.05, 3.63) is 35.4 Å². The van der Waals surface area contributed by atoms with Gasteiger partial charge in [-0.2, -0.15) is 13.2 Å². The van der Waals surface area contributed by atoms with E-state index in [1.54, 1.807) is 7.11 Å². The Labute approximate surface area is 137 Å². The van der Waals surface area contributed by atoms with Crippen molar-refractivity contribution in [3.63, 3.8) is 0 Å². The van der Waals surface area contributed by atoms with Crippen LogP contribution in [0.5, 0.6) is 0 Å². The van der Waals surface area contributed by atoms with Gasteiger partial charge in [-0.05, 0) is 11.1 Å². The predicted molar refractivity (Wildman–Crippen MR) is 79.7 cm³/mol. The van der Waals surface area contributed by atoms with Crippen LogP contribution in [0.2, 0.25) is 0 Å². The van der Waals surface area contributed by atoms with Gasteiger partial charge in [-0.3, -0.25) is 9.59 Å². The Morgan fingerprint density at radius 3 is 2.75 bits per heavy atom. The van der Waals surface area contributed by atoms with E-state index in [-0.39, 0.29) is 19.5 Å². The molecule has 0 unspecified atom stereocenters. The van der Waals surface area contributed by atoms with Gasteiger partial charge in [-0.1, -0.05) is 24.3 Å². The van der Waals surface area contributed by atoms with E-state index in [4.69, 9.17) is 4.74 Å². The van der Waals surface area contributed by atoms with Crippen LogP contribution in [0.15, 0.2) is 24.3 Å². The zero-order chi connectivity index (χ0) is 17.7. The van der Waals surface area contributed by atoms with Gasteiger partial charge in [-0.15, -0.1) is 0 Å². The van der Waals surface area contributed by atoms with E-state index in [1.165, 1.54) is 0 Å². The normalized spacial score (nSPS) is 18.1. The third kappa shape index (κ3) is 5.23. The highest BCUT2D eigenvalue weighted by molar-refractivity contribution is 5.89. The summed E-state index contributed by atoms with van der Waals surface area (Å²) in [5.74, 6) is -1.80. The number of rotatable bonds is 6. The summed E-state index contributed by atoms with van der Waals surface area (Å²) in [7, 11) is 1.58. The highest BCUT2D eigenvalue weighted by Gasteiger charge is 2.40. The molecule has 1 aromatic carbocycles. The molecule has 2 rings (SSSR count). The van der Waals surface area contributed by atoms with E-state index in [0.29, 0.717) is 11.5 Å². The minimum atomic E-state index is -4.46. The minimum Gasteiger partial charge on any atom is -0.380 e. The molecule has 0 saturated carbocycles. The molecule has 5 nitrogen and oxygen atoms in total. The van der Waals surface area contributed by atoms with Gasteiger partial charge in [0.25, 0.3) is 0 Å². The number of carbonyl (C=O) groups excluding carboxylic acids is 2. The maximum Gasteiger partial charge on any atom is 0.406 e. The summed E-state index contributed by atoms with van der Waals surface area (Å²) in [5.41, 5.74) is 1.81. The molecule has 1 aromatic rings. The summed E-state index contributed by atoms with van der Waals surface area (Å²) >= 11 is 0. The van der Waals surface area contributed by atoms with Gasteiger partial charge in [0, 0.05) is 26.6 Å². The van der Waals surface area contributed by atoms with Gasteiger partial charge in [0.1, 0.15) is 6.54 Å². The fraction of sp³-hybridized carbons (Fsp3) is 0.500. The smallest absolute Gasteiger partial charge is 0.380 e. The van der Waals surface area contributed by atoms with Crippen molar-refractivity contribution >= 4 is 11.8 Å². The van der Waals surface area contributed by atoms with Crippen LogP contribution in [0.4, 0.5) is 13.2 Å². The number of hydrogen-bond acceptors (Lipinski definition) is 3. The molecule has 1 N–H and O–H groups in total. The van der Waals surface area contributed by atoms with Crippen LogP contribution in [-0.2, 0) is 27.5 Å². The molecule has 2 amide bonds. The van der Waals surface area contributed by atoms with E-state index < -0.39 is 30.5 Å². The Hall–Kier alpha value is -2.09. The topological polar surface area (TPSA) is 58.6 Å². The van der Waals surface area contributed by atoms with E-state index in [1.807, 2.05) is 24.3 Å². The number of ether oxygens (including phenoxy) is 1. The lowest BCUT2D eigenvalue weighted by molar-refractivity contribution is -0.157. The number of nitrogens with zero attached hydrogens (tertiary/aromatic N) is 1. The number of methoxy groups -OCH3 is 1. The van der Waals surface area contributed by atoms with Gasteiger partial charge in [0.2, 0.25) is 11.8 Å². The summed E-state index contributed by atoms with van der Waals surface area (Å²) in [5, 5.41) is 2.67. The van der Waals surface area contributed by atoms with Crippen molar-refractivity contribution in [2.75, 3.05) is 20.2 Å². The van der Waals surface area contributed by atoms with Gasteiger partial charge < -0.3 is 15.0 Å². The zero-order valence-electron chi connectivity index (χ0n) is 13.2. The van der Waals surface area contributed by atoms with Gasteiger partial charge in [-0.25, -0.2) is 0 Å². The number of nitrogens with one attached hydrogen (secondary N) is 1. The Morgan fingerprint density at radius 2 is 2.08 bits per heavy atom. The number of benzene rings is 1. The highest BCUT2D eigenvalue weighted by Crippen LogP contribution is 2.24. The second-order valence-corrected chi connectivity index (χ2v) is 5.76. The molecule has 132 valence electrons. The Morgan fingerprint density at radius 1 is 1.38 bits per heavy atom. The fourth-order valence-corrected chi connectivity index (χ4v) is 2.65. The quantitative estimate of drug-likeness (QED) is 0.857. The summed E-state index contributed by atoms with van der Waals surface area (Å²) in [4.78, 5) is 24.4. The standard InChI is InChI=1S/C16H19F3N2O3/c1-24-9-12-4-2-3-11(5-12)7-20-15(23)13-6-14(22)21(8-13)10-16(17,18)19/h2-5,13H,6-10H2,1H3,(H,20,23)/t13-/m0/s1. The Kier molecular flexibility index (Phi) is 5.82. The Balaban J connectivity index is 1.87. The molecule has 0 bridgehead atoms. The van der Waals surface area contributed by atoms with Crippen LogP contribution in [0.25, 0.3) is 0 Å². The first kappa shape index (κ1) is 18.3. The predicted octanol–water partition coefficient (Wildman–Crippen LogP) is 1.86. The molecule has 8 heteroatoms. The largest absolute Gasteiger partial charge is 0.406 e. The van der Waals surface area contributed by atoms with E-state index in [9.17, 15) is 22.8 Å². The fourth-order valence-electron chi connectivity index (χ4n) is 2.65. The summed E-state index contributed by atoms with van der Waals surface area (Å²) in [6.45, 7) is -0.811. The SMILES string of the molecule is COCc1cccc(CNC(=O)[C@H]2CC(=O)N(CC(F)(F)F)C2)c1. The first-order valence-corrected chi connectivity index (χ1v) is 7.47. The van der Waals surface area contributed by atoms with Gasteiger partial charge in [0.05, 0.1) is 12.5 Å². The third-order valence-corrected chi connectivity index (χ3v) is 3.72.